The molecule has 1 saturated heterocycles. The number of nitrogens with zero attached hydrogens (tertiary/aromatic N) is 1. The topological polar surface area (TPSA) is 15.3 Å². The molecule has 0 radical (unpaired) electrons. The third-order valence-corrected chi connectivity index (χ3v) is 4.79. The molecule has 0 amide bonds. The van der Waals surface area contributed by atoms with E-state index in [1.54, 1.807) is 6.07 Å². The first-order valence-electron chi connectivity index (χ1n) is 7.76. The molecule has 0 spiro atoms. The van der Waals surface area contributed by atoms with Crippen LogP contribution in [0.5, 0.6) is 0 Å². The summed E-state index contributed by atoms with van der Waals surface area (Å²) in [5, 5.41) is 3.61. The summed E-state index contributed by atoms with van der Waals surface area (Å²) in [5.74, 6) is 0.586. The highest BCUT2D eigenvalue weighted by molar-refractivity contribution is 5.25. The summed E-state index contributed by atoms with van der Waals surface area (Å²) in [7, 11) is 0. The van der Waals surface area contributed by atoms with Gasteiger partial charge in [-0.3, -0.25) is 4.90 Å². The molecule has 3 heteroatoms. The second-order valence-corrected chi connectivity index (χ2v) is 6.13. The summed E-state index contributed by atoms with van der Waals surface area (Å²) in [6.45, 7) is 11.6. The maximum Gasteiger partial charge on any atom is 0.126 e. The molecule has 1 N–H and O–H groups in total. The molecule has 0 aliphatic carbocycles. The molecule has 1 aromatic rings. The van der Waals surface area contributed by atoms with Crippen LogP contribution in [0.2, 0.25) is 0 Å². The van der Waals surface area contributed by atoms with E-state index in [2.05, 4.69) is 37.1 Å². The van der Waals surface area contributed by atoms with Gasteiger partial charge in [-0.2, -0.15) is 0 Å². The van der Waals surface area contributed by atoms with Gasteiger partial charge < -0.3 is 5.32 Å². The Balaban J connectivity index is 2.07. The van der Waals surface area contributed by atoms with Crippen LogP contribution < -0.4 is 5.32 Å². The van der Waals surface area contributed by atoms with Gasteiger partial charge in [0, 0.05) is 31.7 Å². The van der Waals surface area contributed by atoms with Gasteiger partial charge in [0.1, 0.15) is 5.82 Å². The molecule has 1 aliphatic heterocycles. The zero-order valence-electron chi connectivity index (χ0n) is 13.1. The molecule has 1 fully saturated rings. The molecule has 1 heterocycles. The SMILES string of the molecule is CCC(C)C1CN(C(C)c2ccc(C)c(F)c2)CCN1. The van der Waals surface area contributed by atoms with E-state index in [4.69, 9.17) is 0 Å². The van der Waals surface area contributed by atoms with Crippen molar-refractivity contribution in [2.24, 2.45) is 5.92 Å². The van der Waals surface area contributed by atoms with Crippen molar-refractivity contribution in [3.8, 4) is 0 Å². The summed E-state index contributed by atoms with van der Waals surface area (Å²) >= 11 is 0. The second-order valence-electron chi connectivity index (χ2n) is 6.13. The quantitative estimate of drug-likeness (QED) is 0.906. The van der Waals surface area contributed by atoms with Crippen molar-refractivity contribution in [2.45, 2.75) is 46.2 Å². The van der Waals surface area contributed by atoms with E-state index in [9.17, 15) is 4.39 Å². The maximum atomic E-state index is 13.7. The van der Waals surface area contributed by atoms with Gasteiger partial charge in [-0.05, 0) is 37.0 Å². The van der Waals surface area contributed by atoms with Crippen molar-refractivity contribution >= 4 is 0 Å². The Hall–Kier alpha value is -0.930. The number of aryl methyl sites for hydroxylation is 1. The Morgan fingerprint density at radius 3 is 2.80 bits per heavy atom. The summed E-state index contributed by atoms with van der Waals surface area (Å²) in [6, 6.07) is 6.46. The average Bonchev–Trinajstić information content (AvgIpc) is 2.48. The first-order valence-corrected chi connectivity index (χ1v) is 7.76. The number of benzene rings is 1. The maximum absolute atomic E-state index is 13.7. The number of piperazine rings is 1. The molecular weight excluding hydrogens is 251 g/mol. The van der Waals surface area contributed by atoms with Crippen molar-refractivity contribution in [1.82, 2.24) is 10.2 Å². The third-order valence-electron chi connectivity index (χ3n) is 4.79. The minimum absolute atomic E-state index is 0.0945. The second kappa shape index (κ2) is 6.68. The zero-order chi connectivity index (χ0) is 14.7. The predicted octanol–water partition coefficient (Wildman–Crippen LogP) is 3.52. The fourth-order valence-corrected chi connectivity index (χ4v) is 2.90. The van der Waals surface area contributed by atoms with Gasteiger partial charge in [-0.15, -0.1) is 0 Å². The minimum Gasteiger partial charge on any atom is -0.311 e. The van der Waals surface area contributed by atoms with Crippen LogP contribution in [-0.2, 0) is 0 Å². The fourth-order valence-electron chi connectivity index (χ4n) is 2.90. The Morgan fingerprint density at radius 2 is 2.15 bits per heavy atom. The zero-order valence-corrected chi connectivity index (χ0v) is 13.1. The summed E-state index contributed by atoms with van der Waals surface area (Å²) in [5.41, 5.74) is 1.80. The molecule has 3 unspecified atom stereocenters. The summed E-state index contributed by atoms with van der Waals surface area (Å²) < 4.78 is 13.7. The number of halogens is 1. The Kier molecular flexibility index (Phi) is 5.17. The lowest BCUT2D eigenvalue weighted by atomic mass is 9.95. The molecule has 2 rings (SSSR count). The van der Waals surface area contributed by atoms with Crippen LogP contribution in [0.3, 0.4) is 0 Å². The lowest BCUT2D eigenvalue weighted by molar-refractivity contribution is 0.130. The number of hydrogen-bond acceptors (Lipinski definition) is 2. The van der Waals surface area contributed by atoms with Crippen molar-refractivity contribution in [2.75, 3.05) is 19.6 Å². The number of hydrogen-bond donors (Lipinski definition) is 1. The third kappa shape index (κ3) is 3.39. The Bertz CT molecular complexity index is 447. The molecule has 20 heavy (non-hydrogen) atoms. The minimum atomic E-state index is -0.0945. The Morgan fingerprint density at radius 1 is 1.40 bits per heavy atom. The first-order chi connectivity index (χ1) is 9.52. The van der Waals surface area contributed by atoms with Crippen molar-refractivity contribution in [3.63, 3.8) is 0 Å². The van der Waals surface area contributed by atoms with Gasteiger partial charge in [0.15, 0.2) is 0 Å². The normalized spacial score (nSPS) is 23.6. The van der Waals surface area contributed by atoms with Crippen molar-refractivity contribution in [3.05, 3.63) is 35.1 Å². The van der Waals surface area contributed by atoms with Gasteiger partial charge in [0.2, 0.25) is 0 Å². The number of nitrogens with one attached hydrogen (secondary N) is 1. The molecule has 1 aliphatic rings. The van der Waals surface area contributed by atoms with E-state index >= 15 is 0 Å². The molecule has 0 saturated carbocycles. The lowest BCUT2D eigenvalue weighted by Gasteiger charge is -2.40. The van der Waals surface area contributed by atoms with Gasteiger partial charge >= 0.3 is 0 Å². The average molecular weight is 278 g/mol. The van der Waals surface area contributed by atoms with Crippen LogP contribution in [0.4, 0.5) is 4.39 Å². The fraction of sp³-hybridized carbons (Fsp3) is 0.647. The van der Waals surface area contributed by atoms with Gasteiger partial charge in [0.25, 0.3) is 0 Å². The van der Waals surface area contributed by atoms with Crippen LogP contribution in [0, 0.1) is 18.7 Å². The molecule has 2 nitrogen and oxygen atoms in total. The molecule has 112 valence electrons. The molecule has 3 atom stereocenters. The number of rotatable bonds is 4. The van der Waals surface area contributed by atoms with Crippen LogP contribution in [0.1, 0.15) is 44.4 Å². The molecular formula is C17H27FN2. The van der Waals surface area contributed by atoms with Gasteiger partial charge in [0.05, 0.1) is 0 Å². The molecule has 0 bridgehead atoms. The summed E-state index contributed by atoms with van der Waals surface area (Å²) in [6.07, 6.45) is 1.19. The molecule has 0 aromatic heterocycles. The van der Waals surface area contributed by atoms with Gasteiger partial charge in [-0.1, -0.05) is 32.4 Å². The van der Waals surface area contributed by atoms with Crippen LogP contribution in [0.15, 0.2) is 18.2 Å². The monoisotopic (exact) mass is 278 g/mol. The molecule has 1 aromatic carbocycles. The van der Waals surface area contributed by atoms with Crippen molar-refractivity contribution < 1.29 is 4.39 Å². The smallest absolute Gasteiger partial charge is 0.126 e. The van der Waals surface area contributed by atoms with Gasteiger partial charge in [-0.25, -0.2) is 4.39 Å². The highest BCUT2D eigenvalue weighted by Crippen LogP contribution is 2.24. The van der Waals surface area contributed by atoms with Crippen LogP contribution >= 0.6 is 0 Å². The largest absolute Gasteiger partial charge is 0.311 e. The van der Waals surface area contributed by atoms with E-state index in [0.717, 1.165) is 30.8 Å². The first kappa shape index (κ1) is 15.5. The highest BCUT2D eigenvalue weighted by Gasteiger charge is 2.26. The van der Waals surface area contributed by atoms with Crippen LogP contribution in [0.25, 0.3) is 0 Å². The van der Waals surface area contributed by atoms with Crippen molar-refractivity contribution in [1.29, 1.82) is 0 Å². The highest BCUT2D eigenvalue weighted by atomic mass is 19.1. The Labute approximate surface area is 122 Å². The van der Waals surface area contributed by atoms with E-state index in [1.165, 1.54) is 6.42 Å². The lowest BCUT2D eigenvalue weighted by Crippen LogP contribution is -2.53. The standard InChI is InChI=1S/C17H27FN2/c1-5-12(2)17-11-20(9-8-19-17)14(4)15-7-6-13(3)16(18)10-15/h6-7,10,12,14,17,19H,5,8-9,11H2,1-4H3. The van der Waals surface area contributed by atoms with E-state index in [-0.39, 0.29) is 11.9 Å². The van der Waals surface area contributed by atoms with Crippen LogP contribution in [-0.4, -0.2) is 30.6 Å². The summed E-state index contributed by atoms with van der Waals surface area (Å²) in [4.78, 5) is 2.47. The van der Waals surface area contributed by atoms with E-state index < -0.39 is 0 Å². The van der Waals surface area contributed by atoms with E-state index in [0.29, 0.717) is 12.0 Å². The van der Waals surface area contributed by atoms with E-state index in [1.807, 2.05) is 13.0 Å². The predicted molar refractivity (Wildman–Crippen MR) is 82.4 cm³/mol.